The van der Waals surface area contributed by atoms with Crippen molar-refractivity contribution in [2.75, 3.05) is 13.7 Å². The summed E-state index contributed by atoms with van der Waals surface area (Å²) in [6, 6.07) is -0.801. The van der Waals surface area contributed by atoms with Gasteiger partial charge in [0.15, 0.2) is 5.78 Å². The number of alkyl carbamates (subject to hydrolysis) is 1. The summed E-state index contributed by atoms with van der Waals surface area (Å²) in [4.78, 5) is 45.4. The number of rotatable bonds is 7. The number of ketones is 1. The lowest BCUT2D eigenvalue weighted by Crippen LogP contribution is -2.41. The first-order chi connectivity index (χ1) is 10.0. The van der Waals surface area contributed by atoms with E-state index in [4.69, 9.17) is 4.74 Å². The topological polar surface area (TPSA) is 108 Å². The summed E-state index contributed by atoms with van der Waals surface area (Å²) in [5.41, 5.74) is -0.707. The highest BCUT2D eigenvalue weighted by Gasteiger charge is 2.24. The van der Waals surface area contributed by atoms with Crippen LogP contribution in [0.3, 0.4) is 0 Å². The van der Waals surface area contributed by atoms with Crippen LogP contribution in [0.5, 0.6) is 0 Å². The molecule has 22 heavy (non-hydrogen) atoms. The fourth-order valence-electron chi connectivity index (χ4n) is 1.45. The maximum absolute atomic E-state index is 11.7. The summed E-state index contributed by atoms with van der Waals surface area (Å²) < 4.78 is 14.2. The van der Waals surface area contributed by atoms with Gasteiger partial charge in [0.2, 0.25) is 0 Å². The van der Waals surface area contributed by atoms with Gasteiger partial charge in [0.05, 0.1) is 13.5 Å². The van der Waals surface area contributed by atoms with Crippen molar-refractivity contribution in [1.29, 1.82) is 0 Å². The Hall–Kier alpha value is -2.12. The van der Waals surface area contributed by atoms with Gasteiger partial charge >= 0.3 is 18.0 Å². The fraction of sp³-hybridized carbons (Fsp3) is 0.714. The molecule has 0 fully saturated rings. The maximum atomic E-state index is 11.7. The molecule has 8 nitrogen and oxygen atoms in total. The molecule has 0 aromatic carbocycles. The van der Waals surface area contributed by atoms with Gasteiger partial charge in [0.1, 0.15) is 12.2 Å². The zero-order chi connectivity index (χ0) is 17.3. The second kappa shape index (κ2) is 9.01. The van der Waals surface area contributed by atoms with E-state index in [0.29, 0.717) is 0 Å². The minimum Gasteiger partial charge on any atom is -0.469 e. The lowest BCUT2D eigenvalue weighted by Gasteiger charge is -2.23. The third-order valence-electron chi connectivity index (χ3n) is 2.27. The third kappa shape index (κ3) is 10.6. The van der Waals surface area contributed by atoms with Crippen LogP contribution >= 0.6 is 0 Å². The number of carbonyl (C=O) groups is 4. The molecule has 0 unspecified atom stereocenters. The molecule has 0 radical (unpaired) electrons. The van der Waals surface area contributed by atoms with Gasteiger partial charge in [0.25, 0.3) is 0 Å². The van der Waals surface area contributed by atoms with Gasteiger partial charge in [-0.1, -0.05) is 0 Å². The van der Waals surface area contributed by atoms with E-state index in [2.05, 4.69) is 14.8 Å². The van der Waals surface area contributed by atoms with Gasteiger partial charge in [-0.2, -0.15) is 0 Å². The average molecular weight is 317 g/mol. The highest BCUT2D eigenvalue weighted by molar-refractivity contribution is 5.84. The Morgan fingerprint density at radius 2 is 1.68 bits per heavy atom. The molecule has 0 saturated heterocycles. The van der Waals surface area contributed by atoms with E-state index in [1.165, 1.54) is 14.0 Å². The summed E-state index contributed by atoms with van der Waals surface area (Å²) >= 11 is 0. The molecule has 0 aromatic rings. The third-order valence-corrected chi connectivity index (χ3v) is 2.27. The fourth-order valence-corrected chi connectivity index (χ4v) is 1.45. The van der Waals surface area contributed by atoms with Crippen LogP contribution in [0.4, 0.5) is 4.79 Å². The van der Waals surface area contributed by atoms with Gasteiger partial charge in [-0.05, 0) is 20.8 Å². The van der Waals surface area contributed by atoms with Gasteiger partial charge in [-0.25, -0.2) is 4.79 Å². The average Bonchev–Trinajstić information content (AvgIpc) is 2.33. The van der Waals surface area contributed by atoms with Crippen molar-refractivity contribution in [3.05, 3.63) is 0 Å². The van der Waals surface area contributed by atoms with Gasteiger partial charge in [0, 0.05) is 19.4 Å². The number of Topliss-reactive ketones (excluding diaryl/α,β-unsaturated/α-hetero) is 1. The first-order valence-corrected chi connectivity index (χ1v) is 6.75. The SMILES string of the molecule is COC(=O)C[C@@H](CC(=O)COC(C)=O)NC(=O)OC(C)(C)C. The number of hydrogen-bond donors (Lipinski definition) is 1. The van der Waals surface area contributed by atoms with Gasteiger partial charge in [-0.15, -0.1) is 0 Å². The lowest BCUT2D eigenvalue weighted by molar-refractivity contribution is -0.146. The molecule has 1 N–H and O–H groups in total. The largest absolute Gasteiger partial charge is 0.469 e. The van der Waals surface area contributed by atoms with Crippen molar-refractivity contribution in [2.45, 2.75) is 52.2 Å². The van der Waals surface area contributed by atoms with Crippen LogP contribution in [0.2, 0.25) is 0 Å². The molecular formula is C14H23NO7. The first kappa shape index (κ1) is 19.9. The van der Waals surface area contributed by atoms with Crippen molar-refractivity contribution in [1.82, 2.24) is 5.32 Å². The summed E-state index contributed by atoms with van der Waals surface area (Å²) in [5, 5.41) is 2.43. The van der Waals surface area contributed by atoms with Gasteiger partial charge in [-0.3, -0.25) is 14.4 Å². The molecule has 0 aromatic heterocycles. The van der Waals surface area contributed by atoms with Crippen molar-refractivity contribution in [3.8, 4) is 0 Å². The first-order valence-electron chi connectivity index (χ1n) is 6.75. The van der Waals surface area contributed by atoms with Crippen molar-refractivity contribution in [3.63, 3.8) is 0 Å². The summed E-state index contributed by atoms with van der Waals surface area (Å²) in [6.45, 7) is 5.83. The van der Waals surface area contributed by atoms with E-state index in [9.17, 15) is 19.2 Å². The zero-order valence-corrected chi connectivity index (χ0v) is 13.6. The van der Waals surface area contributed by atoms with Crippen molar-refractivity contribution in [2.24, 2.45) is 0 Å². The predicted octanol–water partition coefficient (Wildman–Crippen LogP) is 0.965. The minimum absolute atomic E-state index is 0.179. The van der Waals surface area contributed by atoms with E-state index < -0.39 is 42.1 Å². The lowest BCUT2D eigenvalue weighted by atomic mass is 10.1. The summed E-state index contributed by atoms with van der Waals surface area (Å²) in [6.07, 6.45) is -1.12. The van der Waals surface area contributed by atoms with Crippen LogP contribution in [-0.2, 0) is 28.6 Å². The van der Waals surface area contributed by atoms with E-state index in [1.807, 2.05) is 0 Å². The molecule has 0 aliphatic rings. The molecule has 0 aliphatic carbocycles. The Bertz CT molecular complexity index is 425. The molecule has 0 saturated carbocycles. The molecule has 0 heterocycles. The summed E-state index contributed by atoms with van der Waals surface area (Å²) in [5.74, 6) is -1.60. The number of hydrogen-bond acceptors (Lipinski definition) is 7. The molecular weight excluding hydrogens is 294 g/mol. The molecule has 1 atom stereocenters. The number of ether oxygens (including phenoxy) is 3. The second-order valence-electron chi connectivity index (χ2n) is 5.65. The Morgan fingerprint density at radius 1 is 1.09 bits per heavy atom. The number of amides is 1. The van der Waals surface area contributed by atoms with E-state index in [0.717, 1.165) is 0 Å². The Balaban J connectivity index is 4.61. The number of nitrogens with one attached hydrogen (secondary N) is 1. The van der Waals surface area contributed by atoms with Crippen LogP contribution in [0.25, 0.3) is 0 Å². The van der Waals surface area contributed by atoms with E-state index in [-0.39, 0.29) is 12.8 Å². The van der Waals surface area contributed by atoms with Crippen LogP contribution in [0, 0.1) is 0 Å². The van der Waals surface area contributed by atoms with Crippen molar-refractivity contribution < 1.29 is 33.4 Å². The van der Waals surface area contributed by atoms with Crippen LogP contribution in [-0.4, -0.2) is 49.2 Å². The van der Waals surface area contributed by atoms with Crippen LogP contribution in [0.1, 0.15) is 40.5 Å². The molecule has 1 amide bonds. The number of esters is 2. The normalized spacial score (nSPS) is 12.0. The monoisotopic (exact) mass is 317 g/mol. The molecule has 0 spiro atoms. The number of methoxy groups -OCH3 is 1. The molecule has 8 heteroatoms. The Morgan fingerprint density at radius 3 is 2.14 bits per heavy atom. The van der Waals surface area contributed by atoms with E-state index in [1.54, 1.807) is 20.8 Å². The quantitative estimate of drug-likeness (QED) is 0.550. The minimum atomic E-state index is -0.801. The Labute approximate surface area is 129 Å². The Kier molecular flexibility index (Phi) is 8.14. The summed E-state index contributed by atoms with van der Waals surface area (Å²) in [7, 11) is 1.20. The number of carbonyl (C=O) groups excluding carboxylic acids is 4. The van der Waals surface area contributed by atoms with Crippen LogP contribution in [0.15, 0.2) is 0 Å². The zero-order valence-electron chi connectivity index (χ0n) is 13.6. The van der Waals surface area contributed by atoms with Crippen molar-refractivity contribution >= 4 is 23.8 Å². The molecule has 0 bridgehead atoms. The van der Waals surface area contributed by atoms with Gasteiger partial charge < -0.3 is 19.5 Å². The standard InChI is InChI=1S/C14H23NO7/c1-9(16)21-8-11(17)6-10(7-12(18)20-5)15-13(19)22-14(2,3)4/h10H,6-8H2,1-5H3,(H,15,19)/t10-/m1/s1. The maximum Gasteiger partial charge on any atom is 0.407 e. The molecule has 0 rings (SSSR count). The second-order valence-corrected chi connectivity index (χ2v) is 5.65. The van der Waals surface area contributed by atoms with E-state index >= 15 is 0 Å². The highest BCUT2D eigenvalue weighted by Crippen LogP contribution is 2.09. The predicted molar refractivity (Wildman–Crippen MR) is 76.0 cm³/mol. The molecule has 0 aliphatic heterocycles. The highest BCUT2D eigenvalue weighted by atomic mass is 16.6. The smallest absolute Gasteiger partial charge is 0.407 e. The van der Waals surface area contributed by atoms with Crippen LogP contribution < -0.4 is 5.32 Å². The molecule has 126 valence electrons.